The van der Waals surface area contributed by atoms with Crippen molar-refractivity contribution >= 4 is 36.1 Å². The molecule has 4 atom stereocenters. The topological polar surface area (TPSA) is 182 Å². The van der Waals surface area contributed by atoms with E-state index >= 15 is 0 Å². The minimum absolute atomic E-state index is 0.124. The molecule has 2 N–H and O–H groups in total. The summed E-state index contributed by atoms with van der Waals surface area (Å²) in [6.07, 6.45) is -7.97. The third-order valence-electron chi connectivity index (χ3n) is 4.26. The van der Waals surface area contributed by atoms with Crippen LogP contribution in [0.2, 0.25) is 0 Å². The van der Waals surface area contributed by atoms with Gasteiger partial charge < -0.3 is 39.1 Å². The first-order valence-electron chi connectivity index (χ1n) is 9.96. The average molecular weight is 484 g/mol. The Morgan fingerprint density at radius 2 is 1.12 bits per heavy atom. The van der Waals surface area contributed by atoms with Crippen LogP contribution in [-0.4, -0.2) is 86.8 Å². The highest BCUT2D eigenvalue weighted by atomic mass is 16.7. The molecule has 2 heterocycles. The van der Waals surface area contributed by atoms with Crippen molar-refractivity contribution in [3.8, 4) is 0 Å². The molecule has 0 aliphatic carbocycles. The number of hydrogen-bond donors (Lipinski definition) is 2. The Bertz CT molecular complexity index is 826. The fraction of sp³-hybridized carbons (Fsp3) is 0.500. The molecule has 0 saturated carbocycles. The maximum absolute atomic E-state index is 12.1. The van der Waals surface area contributed by atoms with Crippen LogP contribution in [0.15, 0.2) is 24.3 Å². The van der Waals surface area contributed by atoms with Gasteiger partial charge in [-0.25, -0.2) is 28.8 Å². The Morgan fingerprint density at radius 3 is 1.44 bits per heavy atom. The van der Waals surface area contributed by atoms with Crippen LogP contribution < -0.4 is 10.6 Å². The number of fused-ring (bicyclic) bond motifs is 1. The molecular formula is C20H24N2O12. The Hall–Kier alpha value is -4.10. The van der Waals surface area contributed by atoms with Gasteiger partial charge in [-0.1, -0.05) is 13.2 Å². The molecule has 2 fully saturated rings. The van der Waals surface area contributed by atoms with E-state index in [1.54, 1.807) is 0 Å². The maximum atomic E-state index is 12.1. The minimum atomic E-state index is -1.59. The molecule has 2 saturated heterocycles. The van der Waals surface area contributed by atoms with Gasteiger partial charge in [-0.15, -0.1) is 0 Å². The van der Waals surface area contributed by atoms with Crippen molar-refractivity contribution in [1.29, 1.82) is 0 Å². The summed E-state index contributed by atoms with van der Waals surface area (Å²) in [6, 6.07) is 0. The first-order valence-corrected chi connectivity index (χ1v) is 9.96. The second-order valence-electron chi connectivity index (χ2n) is 7.14. The molecule has 0 aromatic heterocycles. The monoisotopic (exact) mass is 484 g/mol. The Labute approximate surface area is 193 Å². The summed E-state index contributed by atoms with van der Waals surface area (Å²) >= 11 is 0. The molecule has 0 aromatic carbocycles. The Balaban J connectivity index is 1.79. The largest absolute Gasteiger partial charge is 0.460 e. The Kier molecular flexibility index (Phi) is 8.98. The van der Waals surface area contributed by atoms with Gasteiger partial charge in [0, 0.05) is 11.1 Å². The molecule has 14 heteroatoms. The van der Waals surface area contributed by atoms with Crippen molar-refractivity contribution in [2.24, 2.45) is 0 Å². The number of amides is 2. The fourth-order valence-electron chi connectivity index (χ4n) is 2.66. The fourth-order valence-corrected chi connectivity index (χ4v) is 2.66. The average Bonchev–Trinajstić information content (AvgIpc) is 3.22. The van der Waals surface area contributed by atoms with Crippen LogP contribution >= 0.6 is 0 Å². The summed E-state index contributed by atoms with van der Waals surface area (Å²) < 4.78 is 29.4. The molecule has 2 aliphatic heterocycles. The molecule has 14 nitrogen and oxygen atoms in total. The zero-order chi connectivity index (χ0) is 25.4. The summed E-state index contributed by atoms with van der Waals surface area (Å²) in [5, 5.41) is 4.50. The third kappa shape index (κ3) is 6.95. The lowest BCUT2D eigenvalue weighted by Gasteiger charge is -2.14. The van der Waals surface area contributed by atoms with Crippen molar-refractivity contribution in [2.45, 2.75) is 38.3 Å². The van der Waals surface area contributed by atoms with Crippen molar-refractivity contribution in [2.75, 3.05) is 26.3 Å². The summed E-state index contributed by atoms with van der Waals surface area (Å²) in [5.74, 6) is -3.30. The van der Waals surface area contributed by atoms with E-state index in [0.29, 0.717) is 0 Å². The molecular weight excluding hydrogens is 460 g/mol. The van der Waals surface area contributed by atoms with Crippen LogP contribution in [-0.2, 0) is 47.6 Å². The van der Waals surface area contributed by atoms with E-state index in [1.807, 2.05) is 0 Å². The number of nitrogens with one attached hydrogen (secondary N) is 2. The maximum Gasteiger partial charge on any atom is 0.408 e. The smallest absolute Gasteiger partial charge is 0.408 e. The van der Waals surface area contributed by atoms with Crippen molar-refractivity contribution in [1.82, 2.24) is 10.6 Å². The van der Waals surface area contributed by atoms with Gasteiger partial charge in [0.1, 0.15) is 13.2 Å². The summed E-state index contributed by atoms with van der Waals surface area (Å²) in [7, 11) is 0. The molecule has 34 heavy (non-hydrogen) atoms. The molecule has 2 rings (SSSR count). The van der Waals surface area contributed by atoms with Crippen molar-refractivity contribution < 1.29 is 57.2 Å². The summed E-state index contributed by atoms with van der Waals surface area (Å²) in [4.78, 5) is 70.5. The normalized spacial score (nSPS) is 22.4. The highest BCUT2D eigenvalue weighted by Crippen LogP contribution is 2.32. The van der Waals surface area contributed by atoms with Crippen LogP contribution in [0.4, 0.5) is 9.59 Å². The summed E-state index contributed by atoms with van der Waals surface area (Å²) in [5.41, 5.74) is 0.365. The van der Waals surface area contributed by atoms with E-state index in [-0.39, 0.29) is 37.4 Å². The van der Waals surface area contributed by atoms with Gasteiger partial charge in [-0.05, 0) is 13.8 Å². The molecule has 2 amide bonds. The number of rotatable bonds is 10. The lowest BCUT2D eigenvalue weighted by Crippen LogP contribution is -2.40. The number of carbonyl (C=O) groups is 6. The van der Waals surface area contributed by atoms with E-state index < -0.39 is 60.5 Å². The first-order chi connectivity index (χ1) is 16.0. The SMILES string of the molecule is C=C(C)C(=O)OCCNC(=O)O[C@@H]1C(=O)OC2C1OC(=O)[C@H]2OC(=O)NCCOC(=O)C(=C)C. The van der Waals surface area contributed by atoms with Crippen LogP contribution in [0, 0.1) is 0 Å². The van der Waals surface area contributed by atoms with Gasteiger partial charge in [-0.3, -0.25) is 0 Å². The molecule has 2 unspecified atom stereocenters. The molecule has 0 bridgehead atoms. The predicted molar refractivity (Wildman–Crippen MR) is 108 cm³/mol. The van der Waals surface area contributed by atoms with E-state index in [9.17, 15) is 28.8 Å². The summed E-state index contributed by atoms with van der Waals surface area (Å²) in [6.45, 7) is 9.12. The van der Waals surface area contributed by atoms with Gasteiger partial charge in [-0.2, -0.15) is 0 Å². The van der Waals surface area contributed by atoms with E-state index in [0.717, 1.165) is 0 Å². The number of ether oxygens (including phenoxy) is 6. The van der Waals surface area contributed by atoms with Crippen LogP contribution in [0.25, 0.3) is 0 Å². The molecule has 186 valence electrons. The van der Waals surface area contributed by atoms with Gasteiger partial charge in [0.2, 0.25) is 12.2 Å². The quantitative estimate of drug-likeness (QED) is 0.172. The van der Waals surface area contributed by atoms with Crippen LogP contribution in [0.1, 0.15) is 13.8 Å². The van der Waals surface area contributed by atoms with Gasteiger partial charge in [0.15, 0.2) is 12.2 Å². The first kappa shape index (κ1) is 26.2. The zero-order valence-corrected chi connectivity index (χ0v) is 18.5. The zero-order valence-electron chi connectivity index (χ0n) is 18.5. The second-order valence-corrected chi connectivity index (χ2v) is 7.14. The standard InChI is InChI=1S/C20H24N2O12/c1-9(2)15(23)29-7-5-21-19(27)33-13-11-12(32-17(13)25)14(18(26)31-11)34-20(28)22-6-8-30-16(24)10(3)4/h11-14H,1,3,5-8H2,2,4H3,(H,21,27)(H,22,28)/t11?,12?,13-,14-/m0/s1. The highest BCUT2D eigenvalue weighted by Gasteiger charge is 2.61. The van der Waals surface area contributed by atoms with Crippen molar-refractivity contribution in [3.05, 3.63) is 24.3 Å². The number of alkyl carbamates (subject to hydrolysis) is 2. The lowest BCUT2D eigenvalue weighted by atomic mass is 10.1. The molecule has 2 aliphatic rings. The number of carbonyl (C=O) groups excluding carboxylic acids is 6. The molecule has 0 radical (unpaired) electrons. The Morgan fingerprint density at radius 1 is 0.765 bits per heavy atom. The van der Waals surface area contributed by atoms with Gasteiger partial charge >= 0.3 is 36.1 Å². The second kappa shape index (κ2) is 11.7. The van der Waals surface area contributed by atoms with Gasteiger partial charge in [0.25, 0.3) is 0 Å². The molecule has 0 spiro atoms. The highest BCUT2D eigenvalue weighted by molar-refractivity contribution is 5.89. The lowest BCUT2D eigenvalue weighted by molar-refractivity contribution is -0.159. The van der Waals surface area contributed by atoms with E-state index in [2.05, 4.69) is 23.8 Å². The van der Waals surface area contributed by atoms with E-state index in [1.165, 1.54) is 13.8 Å². The van der Waals surface area contributed by atoms with Crippen LogP contribution in [0.3, 0.4) is 0 Å². The molecule has 0 aromatic rings. The predicted octanol–water partition coefficient (Wildman–Crippen LogP) is -0.735. The minimum Gasteiger partial charge on any atom is -0.460 e. The number of esters is 4. The van der Waals surface area contributed by atoms with Crippen LogP contribution in [0.5, 0.6) is 0 Å². The third-order valence-corrected chi connectivity index (χ3v) is 4.26. The van der Waals surface area contributed by atoms with E-state index in [4.69, 9.17) is 28.4 Å². The number of hydrogen-bond acceptors (Lipinski definition) is 12. The van der Waals surface area contributed by atoms with Crippen molar-refractivity contribution in [3.63, 3.8) is 0 Å². The van der Waals surface area contributed by atoms with Gasteiger partial charge in [0.05, 0.1) is 13.1 Å².